The molecular weight excluding hydrogens is 202 g/mol. The second-order valence-corrected chi connectivity index (χ2v) is 3.66. The first-order valence-corrected chi connectivity index (χ1v) is 4.89. The van der Waals surface area contributed by atoms with Gasteiger partial charge in [0.25, 0.3) is 0 Å². The predicted octanol–water partition coefficient (Wildman–Crippen LogP) is -1.33. The summed E-state index contributed by atoms with van der Waals surface area (Å²) in [5.41, 5.74) is 3.10. The van der Waals surface area contributed by atoms with Crippen LogP contribution in [0.15, 0.2) is 0 Å². The molecule has 6 N–H and O–H groups in total. The Morgan fingerprint density at radius 1 is 1.47 bits per heavy atom. The lowest BCUT2D eigenvalue weighted by Crippen LogP contribution is -2.63. The minimum Gasteiger partial charge on any atom is -0.480 e. The molecule has 0 aliphatic rings. The maximum Gasteiger partial charge on any atom is 0.328 e. The molecule has 3 unspecified atom stereocenters. The second kappa shape index (κ2) is 6.02. The fraction of sp³-hybridized carbons (Fsp3) is 0.889. The van der Waals surface area contributed by atoms with Gasteiger partial charge >= 0.3 is 5.97 Å². The number of carboxylic acid groups (broad SMARTS) is 1. The molecule has 0 amide bonds. The highest BCUT2D eigenvalue weighted by Crippen LogP contribution is 2.15. The standard InChI is InChI=1S/C9H19NO5/c1-2-3-4-6(12)7(13)9(10,5-11)8(14)15/h6-7,11-13H,2-5,10H2,1H3,(H,14,15). The maximum atomic E-state index is 10.7. The van der Waals surface area contributed by atoms with E-state index in [0.29, 0.717) is 6.42 Å². The van der Waals surface area contributed by atoms with Gasteiger partial charge in [-0.2, -0.15) is 0 Å². The third-order valence-electron chi connectivity index (χ3n) is 2.41. The molecule has 0 aliphatic heterocycles. The average Bonchev–Trinajstić information content (AvgIpc) is 2.23. The van der Waals surface area contributed by atoms with Crippen LogP contribution in [0.5, 0.6) is 0 Å². The number of aliphatic carboxylic acids is 1. The third kappa shape index (κ3) is 3.42. The van der Waals surface area contributed by atoms with E-state index < -0.39 is 30.3 Å². The lowest BCUT2D eigenvalue weighted by atomic mass is 9.89. The van der Waals surface area contributed by atoms with Crippen molar-refractivity contribution in [1.29, 1.82) is 0 Å². The van der Waals surface area contributed by atoms with Crippen molar-refractivity contribution in [2.45, 2.75) is 43.9 Å². The summed E-state index contributed by atoms with van der Waals surface area (Å²) in [5.74, 6) is -1.53. The summed E-state index contributed by atoms with van der Waals surface area (Å²) in [7, 11) is 0. The van der Waals surface area contributed by atoms with Crippen LogP contribution in [0, 0.1) is 0 Å². The van der Waals surface area contributed by atoms with E-state index in [-0.39, 0.29) is 6.42 Å². The van der Waals surface area contributed by atoms with E-state index in [2.05, 4.69) is 0 Å². The fourth-order valence-corrected chi connectivity index (χ4v) is 1.20. The van der Waals surface area contributed by atoms with Crippen molar-refractivity contribution in [1.82, 2.24) is 0 Å². The Labute approximate surface area is 88.3 Å². The van der Waals surface area contributed by atoms with Gasteiger partial charge in [-0.25, -0.2) is 0 Å². The molecule has 90 valence electrons. The monoisotopic (exact) mass is 221 g/mol. The molecule has 0 rings (SSSR count). The summed E-state index contributed by atoms with van der Waals surface area (Å²) < 4.78 is 0. The predicted molar refractivity (Wildman–Crippen MR) is 53.2 cm³/mol. The fourth-order valence-electron chi connectivity index (χ4n) is 1.20. The molecule has 15 heavy (non-hydrogen) atoms. The first-order valence-electron chi connectivity index (χ1n) is 4.89. The third-order valence-corrected chi connectivity index (χ3v) is 2.41. The van der Waals surface area contributed by atoms with Crippen LogP contribution in [0.25, 0.3) is 0 Å². The topological polar surface area (TPSA) is 124 Å². The van der Waals surface area contributed by atoms with Crippen LogP contribution in [-0.2, 0) is 4.79 Å². The second-order valence-electron chi connectivity index (χ2n) is 3.66. The van der Waals surface area contributed by atoms with E-state index in [1.54, 1.807) is 0 Å². The zero-order valence-electron chi connectivity index (χ0n) is 8.76. The summed E-state index contributed by atoms with van der Waals surface area (Å²) in [6.45, 7) is 0.977. The van der Waals surface area contributed by atoms with Crippen molar-refractivity contribution >= 4 is 5.97 Å². The number of aliphatic hydroxyl groups excluding tert-OH is 3. The Bertz CT molecular complexity index is 211. The molecule has 3 atom stereocenters. The summed E-state index contributed by atoms with van der Waals surface area (Å²) in [5, 5.41) is 36.5. The number of unbranched alkanes of at least 4 members (excludes halogenated alkanes) is 1. The van der Waals surface area contributed by atoms with Gasteiger partial charge in [0.1, 0.15) is 6.10 Å². The van der Waals surface area contributed by atoms with Crippen molar-refractivity contribution in [2.24, 2.45) is 5.73 Å². The molecule has 0 fully saturated rings. The van der Waals surface area contributed by atoms with E-state index >= 15 is 0 Å². The van der Waals surface area contributed by atoms with Crippen molar-refractivity contribution in [3.63, 3.8) is 0 Å². The summed E-state index contributed by atoms with van der Waals surface area (Å²) in [6, 6.07) is 0. The number of rotatable bonds is 7. The molecule has 0 bridgehead atoms. The van der Waals surface area contributed by atoms with Gasteiger partial charge in [0.05, 0.1) is 12.7 Å². The highest BCUT2D eigenvalue weighted by atomic mass is 16.4. The molecule has 0 aromatic carbocycles. The van der Waals surface area contributed by atoms with Crippen LogP contribution in [0.1, 0.15) is 26.2 Å². The van der Waals surface area contributed by atoms with Crippen molar-refractivity contribution < 1.29 is 25.2 Å². The van der Waals surface area contributed by atoms with Crippen LogP contribution in [0.2, 0.25) is 0 Å². The van der Waals surface area contributed by atoms with Gasteiger partial charge in [-0.1, -0.05) is 19.8 Å². The van der Waals surface area contributed by atoms with Crippen molar-refractivity contribution in [3.05, 3.63) is 0 Å². The van der Waals surface area contributed by atoms with Gasteiger partial charge in [0, 0.05) is 0 Å². The van der Waals surface area contributed by atoms with Gasteiger partial charge in [-0.3, -0.25) is 4.79 Å². The van der Waals surface area contributed by atoms with Gasteiger partial charge < -0.3 is 26.2 Å². The molecule has 6 nitrogen and oxygen atoms in total. The largest absolute Gasteiger partial charge is 0.480 e. The highest BCUT2D eigenvalue weighted by molar-refractivity contribution is 5.79. The number of hydrogen-bond donors (Lipinski definition) is 5. The number of aliphatic hydroxyl groups is 3. The molecule has 0 saturated carbocycles. The number of nitrogens with two attached hydrogens (primary N) is 1. The van der Waals surface area contributed by atoms with Crippen molar-refractivity contribution in [3.8, 4) is 0 Å². The first kappa shape index (κ1) is 14.3. The summed E-state index contributed by atoms with van der Waals surface area (Å²) in [4.78, 5) is 10.7. The molecule has 0 saturated heterocycles. The summed E-state index contributed by atoms with van der Waals surface area (Å²) in [6.07, 6.45) is -1.19. The Morgan fingerprint density at radius 2 is 2.00 bits per heavy atom. The van der Waals surface area contributed by atoms with Crippen LogP contribution >= 0.6 is 0 Å². The van der Waals surface area contributed by atoms with E-state index in [9.17, 15) is 15.0 Å². The van der Waals surface area contributed by atoms with Gasteiger partial charge in [-0.05, 0) is 6.42 Å². The molecule has 6 heteroatoms. The van der Waals surface area contributed by atoms with Crippen LogP contribution in [0.3, 0.4) is 0 Å². The van der Waals surface area contributed by atoms with E-state index in [1.807, 2.05) is 6.92 Å². The Hall–Kier alpha value is -0.690. The lowest BCUT2D eigenvalue weighted by Gasteiger charge is -2.31. The quantitative estimate of drug-likeness (QED) is 0.363. The lowest BCUT2D eigenvalue weighted by molar-refractivity contribution is -0.155. The maximum absolute atomic E-state index is 10.7. The van der Waals surface area contributed by atoms with Gasteiger partial charge in [0.15, 0.2) is 5.54 Å². The zero-order chi connectivity index (χ0) is 12.1. The smallest absolute Gasteiger partial charge is 0.328 e. The molecule has 0 spiro atoms. The van der Waals surface area contributed by atoms with E-state index in [0.717, 1.165) is 6.42 Å². The number of carboxylic acids is 1. The number of hydrogen-bond acceptors (Lipinski definition) is 5. The van der Waals surface area contributed by atoms with E-state index in [1.165, 1.54) is 0 Å². The molecule has 0 radical (unpaired) electrons. The average molecular weight is 221 g/mol. The molecule has 0 aromatic rings. The van der Waals surface area contributed by atoms with Crippen molar-refractivity contribution in [2.75, 3.05) is 6.61 Å². The summed E-state index contributed by atoms with van der Waals surface area (Å²) >= 11 is 0. The van der Waals surface area contributed by atoms with Gasteiger partial charge in [-0.15, -0.1) is 0 Å². The minimum absolute atomic E-state index is 0.254. The molecule has 0 aromatic heterocycles. The molecular formula is C9H19NO5. The highest BCUT2D eigenvalue weighted by Gasteiger charge is 2.44. The normalized spacial score (nSPS) is 19.3. The Balaban J connectivity index is 4.50. The minimum atomic E-state index is -2.20. The van der Waals surface area contributed by atoms with Crippen LogP contribution in [-0.4, -0.2) is 50.7 Å². The zero-order valence-corrected chi connectivity index (χ0v) is 8.76. The first-order chi connectivity index (χ1) is 6.90. The van der Waals surface area contributed by atoms with Crippen LogP contribution < -0.4 is 5.73 Å². The Morgan fingerprint density at radius 3 is 2.33 bits per heavy atom. The SMILES string of the molecule is CCCCC(O)C(O)C(N)(CO)C(=O)O. The molecule has 0 heterocycles. The Kier molecular flexibility index (Phi) is 5.74. The van der Waals surface area contributed by atoms with Crippen LogP contribution in [0.4, 0.5) is 0 Å². The number of carbonyl (C=O) groups is 1. The van der Waals surface area contributed by atoms with E-state index in [4.69, 9.17) is 15.9 Å². The van der Waals surface area contributed by atoms with Gasteiger partial charge in [0.2, 0.25) is 0 Å². The molecule has 0 aliphatic carbocycles.